The van der Waals surface area contributed by atoms with Crippen molar-refractivity contribution < 1.29 is 0 Å². The fourth-order valence-corrected chi connectivity index (χ4v) is 3.30. The minimum atomic E-state index is -0.172. The Morgan fingerprint density at radius 1 is 1.38 bits per heavy atom. The Labute approximate surface area is 143 Å². The lowest BCUT2D eigenvalue weighted by molar-refractivity contribution is 0.671. The van der Waals surface area contributed by atoms with Crippen LogP contribution in [0.25, 0.3) is 4.96 Å². The van der Waals surface area contributed by atoms with E-state index >= 15 is 0 Å². The summed E-state index contributed by atoms with van der Waals surface area (Å²) in [6, 6.07) is 11.3. The number of hydrogen-bond donors (Lipinski definition) is 0. The summed E-state index contributed by atoms with van der Waals surface area (Å²) in [5, 5.41) is 14.1. The van der Waals surface area contributed by atoms with Crippen LogP contribution in [0.1, 0.15) is 30.1 Å². The SMILES string of the molecule is Cc1nn2c(=O)cc(CN(c3cccc(C#N)c3)C(C)C)nc2s1. The molecule has 2 heterocycles. The highest BCUT2D eigenvalue weighted by molar-refractivity contribution is 7.16. The van der Waals surface area contributed by atoms with E-state index in [1.165, 1.54) is 21.9 Å². The smallest absolute Gasteiger partial charge is 0.275 e. The number of hydrogen-bond acceptors (Lipinski definition) is 6. The molecule has 0 saturated carbocycles. The van der Waals surface area contributed by atoms with E-state index in [0.29, 0.717) is 22.8 Å². The van der Waals surface area contributed by atoms with E-state index in [4.69, 9.17) is 5.26 Å². The molecule has 24 heavy (non-hydrogen) atoms. The summed E-state index contributed by atoms with van der Waals surface area (Å²) >= 11 is 1.40. The van der Waals surface area contributed by atoms with Crippen LogP contribution in [0.3, 0.4) is 0 Å². The van der Waals surface area contributed by atoms with Crippen molar-refractivity contribution in [3.8, 4) is 6.07 Å². The highest BCUT2D eigenvalue weighted by atomic mass is 32.1. The lowest BCUT2D eigenvalue weighted by atomic mass is 10.1. The second-order valence-corrected chi connectivity index (χ2v) is 6.95. The predicted molar refractivity (Wildman–Crippen MR) is 94.3 cm³/mol. The minimum absolute atomic E-state index is 0.172. The van der Waals surface area contributed by atoms with Gasteiger partial charge in [0.2, 0.25) is 4.96 Å². The number of nitriles is 1. The highest BCUT2D eigenvalue weighted by Gasteiger charge is 2.15. The van der Waals surface area contributed by atoms with Crippen LogP contribution < -0.4 is 10.5 Å². The van der Waals surface area contributed by atoms with Crippen molar-refractivity contribution in [3.05, 3.63) is 57.0 Å². The first kappa shape index (κ1) is 16.1. The van der Waals surface area contributed by atoms with Gasteiger partial charge in [-0.2, -0.15) is 14.9 Å². The van der Waals surface area contributed by atoms with Crippen LogP contribution in [-0.2, 0) is 6.54 Å². The third-order valence-electron chi connectivity index (χ3n) is 3.66. The molecule has 122 valence electrons. The molecule has 0 amide bonds. The minimum Gasteiger partial charge on any atom is -0.363 e. The van der Waals surface area contributed by atoms with E-state index in [0.717, 1.165) is 10.7 Å². The molecule has 0 N–H and O–H groups in total. The monoisotopic (exact) mass is 339 g/mol. The zero-order valence-corrected chi connectivity index (χ0v) is 14.5. The molecule has 3 rings (SSSR count). The van der Waals surface area contributed by atoms with E-state index in [-0.39, 0.29) is 11.6 Å². The van der Waals surface area contributed by atoms with E-state index in [1.54, 1.807) is 6.07 Å². The van der Waals surface area contributed by atoms with E-state index in [2.05, 4.69) is 34.9 Å². The zero-order valence-electron chi connectivity index (χ0n) is 13.7. The summed E-state index contributed by atoms with van der Waals surface area (Å²) in [4.78, 5) is 19.5. The Morgan fingerprint density at radius 2 is 2.17 bits per heavy atom. The second kappa shape index (κ2) is 6.42. The lowest BCUT2D eigenvalue weighted by Gasteiger charge is -2.28. The van der Waals surface area contributed by atoms with Gasteiger partial charge in [-0.3, -0.25) is 4.79 Å². The molecule has 0 saturated heterocycles. The molecule has 0 fully saturated rings. The van der Waals surface area contributed by atoms with Gasteiger partial charge < -0.3 is 4.90 Å². The Kier molecular flexibility index (Phi) is 4.32. The second-order valence-electron chi connectivity index (χ2n) is 5.78. The summed E-state index contributed by atoms with van der Waals surface area (Å²) in [5.41, 5.74) is 2.07. The largest absolute Gasteiger partial charge is 0.363 e. The molecule has 0 aliphatic carbocycles. The Bertz CT molecular complexity index is 983. The van der Waals surface area contributed by atoms with Crippen LogP contribution in [0.4, 0.5) is 5.69 Å². The molecule has 0 radical (unpaired) electrons. The van der Waals surface area contributed by atoms with Gasteiger partial charge in [0.25, 0.3) is 5.56 Å². The van der Waals surface area contributed by atoms with Gasteiger partial charge in [-0.1, -0.05) is 17.4 Å². The molecule has 0 spiro atoms. The Balaban J connectivity index is 1.99. The first-order valence-electron chi connectivity index (χ1n) is 7.61. The van der Waals surface area contributed by atoms with Crippen molar-refractivity contribution in [2.24, 2.45) is 0 Å². The van der Waals surface area contributed by atoms with Crippen LogP contribution in [-0.4, -0.2) is 20.6 Å². The maximum Gasteiger partial charge on any atom is 0.275 e. The molecular weight excluding hydrogens is 322 g/mol. The number of fused-ring (bicyclic) bond motifs is 1. The third-order valence-corrected chi connectivity index (χ3v) is 4.49. The summed E-state index contributed by atoms with van der Waals surface area (Å²) in [6.45, 7) is 6.49. The lowest BCUT2D eigenvalue weighted by Crippen LogP contribution is -2.31. The number of benzene rings is 1. The molecule has 0 bridgehead atoms. The summed E-state index contributed by atoms with van der Waals surface area (Å²) in [6.07, 6.45) is 0. The Hall–Kier alpha value is -2.72. The van der Waals surface area contributed by atoms with E-state index in [9.17, 15) is 4.79 Å². The maximum atomic E-state index is 12.2. The van der Waals surface area contributed by atoms with Gasteiger partial charge in [0.1, 0.15) is 5.01 Å². The summed E-state index contributed by atoms with van der Waals surface area (Å²) < 4.78 is 1.33. The number of rotatable bonds is 4. The summed E-state index contributed by atoms with van der Waals surface area (Å²) in [7, 11) is 0. The number of anilines is 1. The maximum absolute atomic E-state index is 12.2. The van der Waals surface area contributed by atoms with Crippen molar-refractivity contribution >= 4 is 22.0 Å². The van der Waals surface area contributed by atoms with Crippen LogP contribution in [0.2, 0.25) is 0 Å². The van der Waals surface area contributed by atoms with Gasteiger partial charge in [0, 0.05) is 17.8 Å². The van der Waals surface area contributed by atoms with Crippen LogP contribution in [0.15, 0.2) is 35.1 Å². The van der Waals surface area contributed by atoms with Gasteiger partial charge in [0.05, 0.1) is 23.9 Å². The first-order valence-corrected chi connectivity index (χ1v) is 8.43. The van der Waals surface area contributed by atoms with Gasteiger partial charge in [0.15, 0.2) is 0 Å². The molecule has 0 unspecified atom stereocenters. The zero-order chi connectivity index (χ0) is 17.3. The number of aryl methyl sites for hydroxylation is 1. The fourth-order valence-electron chi connectivity index (χ4n) is 2.53. The van der Waals surface area contributed by atoms with Gasteiger partial charge in [-0.15, -0.1) is 0 Å². The molecule has 6 nitrogen and oxygen atoms in total. The topological polar surface area (TPSA) is 74.3 Å². The molecule has 0 aliphatic rings. The average Bonchev–Trinajstić information content (AvgIpc) is 2.93. The van der Waals surface area contributed by atoms with E-state index in [1.807, 2.05) is 25.1 Å². The molecule has 0 aliphatic heterocycles. The normalized spacial score (nSPS) is 11.0. The van der Waals surface area contributed by atoms with Crippen LogP contribution in [0.5, 0.6) is 0 Å². The summed E-state index contributed by atoms with van der Waals surface area (Å²) in [5.74, 6) is 0. The molecule has 3 aromatic rings. The fraction of sp³-hybridized carbons (Fsp3) is 0.294. The van der Waals surface area contributed by atoms with Crippen molar-refractivity contribution in [1.29, 1.82) is 5.26 Å². The molecule has 0 atom stereocenters. The van der Waals surface area contributed by atoms with Gasteiger partial charge >= 0.3 is 0 Å². The standard InChI is InChI=1S/C17H17N5OS/c1-11(2)21(15-6-4-5-13(7-15)9-18)10-14-8-16(23)22-17(19-14)24-12(3)20-22/h4-8,11H,10H2,1-3H3. The highest BCUT2D eigenvalue weighted by Crippen LogP contribution is 2.21. The van der Waals surface area contributed by atoms with Crippen LogP contribution in [0, 0.1) is 18.3 Å². The van der Waals surface area contributed by atoms with Crippen molar-refractivity contribution in [1.82, 2.24) is 14.6 Å². The van der Waals surface area contributed by atoms with Crippen molar-refractivity contribution in [2.45, 2.75) is 33.4 Å². The molecule has 7 heteroatoms. The quantitative estimate of drug-likeness (QED) is 0.731. The van der Waals surface area contributed by atoms with Gasteiger partial charge in [-0.25, -0.2) is 4.98 Å². The average molecular weight is 339 g/mol. The predicted octanol–water partition coefficient (Wildman–Crippen LogP) is 2.75. The third kappa shape index (κ3) is 3.14. The van der Waals surface area contributed by atoms with Gasteiger partial charge in [-0.05, 0) is 39.0 Å². The molecule has 1 aromatic carbocycles. The van der Waals surface area contributed by atoms with Crippen molar-refractivity contribution in [3.63, 3.8) is 0 Å². The first-order chi connectivity index (χ1) is 11.5. The van der Waals surface area contributed by atoms with Crippen LogP contribution >= 0.6 is 11.3 Å². The molecular formula is C17H17N5OS. The number of aromatic nitrogens is 3. The Morgan fingerprint density at radius 3 is 2.88 bits per heavy atom. The molecule has 2 aromatic heterocycles. The van der Waals surface area contributed by atoms with E-state index < -0.39 is 0 Å². The van der Waals surface area contributed by atoms with Crippen molar-refractivity contribution in [2.75, 3.05) is 4.90 Å². The number of nitrogens with zero attached hydrogens (tertiary/aromatic N) is 5.